The highest BCUT2D eigenvalue weighted by atomic mass is 28.3. The Kier molecular flexibility index (Phi) is 4.13. The van der Waals surface area contributed by atoms with Gasteiger partial charge in [-0.2, -0.15) is 0 Å². The van der Waals surface area contributed by atoms with Crippen molar-refractivity contribution in [1.29, 1.82) is 0 Å². The van der Waals surface area contributed by atoms with E-state index in [1.54, 1.807) is 0 Å². The normalized spacial score (nSPS) is 25.8. The van der Waals surface area contributed by atoms with Gasteiger partial charge >= 0.3 is 0 Å². The summed E-state index contributed by atoms with van der Waals surface area (Å²) in [5, 5.41) is 0. The van der Waals surface area contributed by atoms with Crippen LogP contribution < -0.4 is 0 Å². The van der Waals surface area contributed by atoms with Crippen molar-refractivity contribution in [2.75, 3.05) is 0 Å². The summed E-state index contributed by atoms with van der Waals surface area (Å²) < 4.78 is 0. The van der Waals surface area contributed by atoms with Crippen LogP contribution in [0.2, 0.25) is 19.6 Å². The fourth-order valence-corrected chi connectivity index (χ4v) is 3.27. The molecule has 108 valence electrons. The van der Waals surface area contributed by atoms with E-state index in [-0.39, 0.29) is 0 Å². The Labute approximate surface area is 125 Å². The van der Waals surface area contributed by atoms with Gasteiger partial charge in [-0.05, 0) is 11.0 Å². The molecule has 2 heteroatoms. The molecule has 1 aliphatic rings. The fourth-order valence-electron chi connectivity index (χ4n) is 2.69. The van der Waals surface area contributed by atoms with E-state index in [1.165, 1.54) is 5.56 Å². The Morgan fingerprint density at radius 2 is 1.70 bits per heavy atom. The molecule has 1 saturated heterocycles. The van der Waals surface area contributed by atoms with Crippen LogP contribution in [-0.4, -0.2) is 25.1 Å². The van der Waals surface area contributed by atoms with Gasteiger partial charge in [0, 0.05) is 12.6 Å². The van der Waals surface area contributed by atoms with Gasteiger partial charge in [0.15, 0.2) is 0 Å². The van der Waals surface area contributed by atoms with E-state index < -0.39 is 8.07 Å². The second-order valence-corrected chi connectivity index (χ2v) is 12.7. The van der Waals surface area contributed by atoms with E-state index in [4.69, 9.17) is 0 Å². The lowest BCUT2D eigenvalue weighted by Gasteiger charge is -2.17. The molecule has 0 N–H and O–H groups in total. The predicted octanol–water partition coefficient (Wildman–Crippen LogP) is 4.17. The molecular formula is C18H27NSi. The summed E-state index contributed by atoms with van der Waals surface area (Å²) in [6.07, 6.45) is 0. The maximum Gasteiger partial charge on any atom is 0.129 e. The Hall–Kier alpha value is -1.04. The number of hydrogen-bond acceptors (Lipinski definition) is 1. The number of nitrogens with zero attached hydrogens (tertiary/aromatic N) is 1. The van der Waals surface area contributed by atoms with E-state index in [0.29, 0.717) is 17.5 Å². The third-order valence-electron chi connectivity index (χ3n) is 3.61. The molecule has 0 amide bonds. The third kappa shape index (κ3) is 3.98. The van der Waals surface area contributed by atoms with Crippen LogP contribution in [0.4, 0.5) is 0 Å². The minimum absolute atomic E-state index is 0.299. The Morgan fingerprint density at radius 3 is 2.20 bits per heavy atom. The topological polar surface area (TPSA) is 3.01 Å². The van der Waals surface area contributed by atoms with E-state index in [2.05, 4.69) is 87.1 Å². The maximum absolute atomic E-state index is 3.56. The van der Waals surface area contributed by atoms with Crippen molar-refractivity contribution < 1.29 is 0 Å². The summed E-state index contributed by atoms with van der Waals surface area (Å²) in [4.78, 5) is 2.54. The molecule has 3 atom stereocenters. The second kappa shape index (κ2) is 5.39. The molecule has 20 heavy (non-hydrogen) atoms. The molecule has 0 aliphatic carbocycles. The average molecular weight is 286 g/mol. The molecule has 1 unspecified atom stereocenters. The standard InChI is InChI=1S/C18H27NSi/c1-18(2,3)17-16(12-13-20(4,5)6)19(17)14-15-10-8-7-9-11-15/h7-11,16-17H,14H2,1-6H3/t16-,17+,19?/m1/s1. The van der Waals surface area contributed by atoms with Gasteiger partial charge < -0.3 is 0 Å². The van der Waals surface area contributed by atoms with E-state index in [1.807, 2.05) is 0 Å². The van der Waals surface area contributed by atoms with Crippen LogP contribution in [0.5, 0.6) is 0 Å². The highest BCUT2D eigenvalue weighted by Gasteiger charge is 2.52. The van der Waals surface area contributed by atoms with Crippen LogP contribution in [0.3, 0.4) is 0 Å². The zero-order chi connectivity index (χ0) is 15.0. The van der Waals surface area contributed by atoms with E-state index in [0.717, 1.165) is 6.54 Å². The molecule has 0 saturated carbocycles. The zero-order valence-electron chi connectivity index (χ0n) is 13.7. The molecule has 0 radical (unpaired) electrons. The predicted molar refractivity (Wildman–Crippen MR) is 90.1 cm³/mol. The SMILES string of the molecule is CC(C)(C)[C@@H]1[C@@H](C#C[Si](C)(C)C)N1Cc1ccccc1. The van der Waals surface area contributed by atoms with Crippen LogP contribution in [0, 0.1) is 16.9 Å². The number of benzene rings is 1. The molecular weight excluding hydrogens is 258 g/mol. The lowest BCUT2D eigenvalue weighted by molar-refractivity contribution is 0.324. The number of hydrogen-bond donors (Lipinski definition) is 0. The van der Waals surface area contributed by atoms with Crippen molar-refractivity contribution in [3.8, 4) is 11.5 Å². The van der Waals surface area contributed by atoms with Gasteiger partial charge in [-0.1, -0.05) is 76.7 Å². The van der Waals surface area contributed by atoms with Gasteiger partial charge in [0.1, 0.15) is 8.07 Å². The third-order valence-corrected chi connectivity index (χ3v) is 4.51. The summed E-state index contributed by atoms with van der Waals surface area (Å²) in [5.74, 6) is 3.56. The van der Waals surface area contributed by atoms with Gasteiger partial charge in [-0.25, -0.2) is 0 Å². The highest BCUT2D eigenvalue weighted by Crippen LogP contribution is 2.42. The summed E-state index contributed by atoms with van der Waals surface area (Å²) in [6.45, 7) is 14.9. The fraction of sp³-hybridized carbons (Fsp3) is 0.556. The second-order valence-electron chi connectivity index (χ2n) is 7.93. The van der Waals surface area contributed by atoms with E-state index >= 15 is 0 Å². The Bertz CT molecular complexity index is 510. The van der Waals surface area contributed by atoms with Crippen molar-refractivity contribution in [1.82, 2.24) is 4.90 Å². The van der Waals surface area contributed by atoms with Gasteiger partial charge in [0.2, 0.25) is 0 Å². The molecule has 0 spiro atoms. The van der Waals surface area contributed by atoms with Crippen molar-refractivity contribution in [3.05, 3.63) is 35.9 Å². The first-order chi connectivity index (χ1) is 9.18. The van der Waals surface area contributed by atoms with Crippen LogP contribution >= 0.6 is 0 Å². The summed E-state index contributed by atoms with van der Waals surface area (Å²) in [7, 11) is -1.28. The van der Waals surface area contributed by atoms with Crippen LogP contribution in [-0.2, 0) is 6.54 Å². The van der Waals surface area contributed by atoms with Crippen molar-refractivity contribution in [2.45, 2.75) is 59.0 Å². The monoisotopic (exact) mass is 285 g/mol. The molecule has 1 aliphatic heterocycles. The number of rotatable bonds is 2. The molecule has 1 heterocycles. The minimum Gasteiger partial charge on any atom is -0.278 e. The van der Waals surface area contributed by atoms with Gasteiger partial charge in [0.25, 0.3) is 0 Å². The average Bonchev–Trinajstić information content (AvgIpc) is 3.00. The zero-order valence-corrected chi connectivity index (χ0v) is 14.7. The molecule has 2 rings (SSSR count). The van der Waals surface area contributed by atoms with Crippen LogP contribution in [0.1, 0.15) is 26.3 Å². The molecule has 1 aromatic rings. The molecule has 1 aromatic carbocycles. The van der Waals surface area contributed by atoms with Crippen molar-refractivity contribution in [3.63, 3.8) is 0 Å². The van der Waals surface area contributed by atoms with Crippen molar-refractivity contribution in [2.24, 2.45) is 5.41 Å². The first-order valence-corrected chi connectivity index (χ1v) is 11.0. The highest BCUT2D eigenvalue weighted by molar-refractivity contribution is 6.83. The molecule has 0 aromatic heterocycles. The van der Waals surface area contributed by atoms with Gasteiger partial charge in [-0.3, -0.25) is 4.90 Å². The Balaban J connectivity index is 2.12. The van der Waals surface area contributed by atoms with Crippen LogP contribution in [0.15, 0.2) is 30.3 Å². The summed E-state index contributed by atoms with van der Waals surface area (Å²) >= 11 is 0. The maximum atomic E-state index is 3.56. The lowest BCUT2D eigenvalue weighted by Crippen LogP contribution is -2.19. The van der Waals surface area contributed by atoms with E-state index in [9.17, 15) is 0 Å². The lowest BCUT2D eigenvalue weighted by atomic mass is 9.90. The quantitative estimate of drug-likeness (QED) is 0.448. The molecule has 1 fully saturated rings. The smallest absolute Gasteiger partial charge is 0.129 e. The first kappa shape index (κ1) is 15.3. The summed E-state index contributed by atoms with van der Waals surface area (Å²) in [6, 6.07) is 11.8. The first-order valence-electron chi connectivity index (χ1n) is 7.51. The molecule has 1 nitrogen and oxygen atoms in total. The van der Waals surface area contributed by atoms with Gasteiger partial charge in [0.05, 0.1) is 6.04 Å². The molecule has 0 bridgehead atoms. The Morgan fingerprint density at radius 1 is 1.10 bits per heavy atom. The van der Waals surface area contributed by atoms with Gasteiger partial charge in [-0.15, -0.1) is 5.54 Å². The van der Waals surface area contributed by atoms with Crippen molar-refractivity contribution >= 4 is 8.07 Å². The summed E-state index contributed by atoms with van der Waals surface area (Å²) in [5.41, 5.74) is 5.24. The van der Waals surface area contributed by atoms with Crippen LogP contribution in [0.25, 0.3) is 0 Å². The largest absolute Gasteiger partial charge is 0.278 e. The minimum atomic E-state index is -1.28.